The van der Waals surface area contributed by atoms with Gasteiger partial charge < -0.3 is 4.90 Å². The summed E-state index contributed by atoms with van der Waals surface area (Å²) in [5, 5.41) is 0. The third-order valence-electron chi connectivity index (χ3n) is 16.3. The Morgan fingerprint density at radius 2 is 0.903 bits per heavy atom. The van der Waals surface area contributed by atoms with Gasteiger partial charge >= 0.3 is 0 Å². The summed E-state index contributed by atoms with van der Waals surface area (Å²) in [6.07, 6.45) is 7.01. The molecule has 300 valence electrons. The highest BCUT2D eigenvalue weighted by Crippen LogP contribution is 2.70. The van der Waals surface area contributed by atoms with Gasteiger partial charge in [-0.1, -0.05) is 172 Å². The van der Waals surface area contributed by atoms with Crippen LogP contribution in [0.25, 0.3) is 55.6 Å². The Hall–Kier alpha value is -6.44. The van der Waals surface area contributed by atoms with Gasteiger partial charge in [-0.3, -0.25) is 0 Å². The number of hydrogen-bond acceptors (Lipinski definition) is 1. The number of anilines is 3. The fraction of sp³-hybridized carbons (Fsp3) is 0.213. The first-order valence-electron chi connectivity index (χ1n) is 23.1. The molecule has 4 fully saturated rings. The van der Waals surface area contributed by atoms with Gasteiger partial charge in [-0.25, -0.2) is 0 Å². The highest BCUT2D eigenvalue weighted by Gasteiger charge is 2.61. The Bertz CT molecular complexity index is 3050. The van der Waals surface area contributed by atoms with Crippen molar-refractivity contribution < 1.29 is 0 Å². The molecule has 0 saturated heterocycles. The van der Waals surface area contributed by atoms with Gasteiger partial charge in [0.2, 0.25) is 0 Å². The van der Waals surface area contributed by atoms with Crippen LogP contribution in [0.4, 0.5) is 17.1 Å². The zero-order valence-corrected chi connectivity index (χ0v) is 35.7. The van der Waals surface area contributed by atoms with Gasteiger partial charge in [-0.05, 0) is 153 Å². The Morgan fingerprint density at radius 3 is 1.66 bits per heavy atom. The van der Waals surface area contributed by atoms with Crippen LogP contribution in [0.15, 0.2) is 188 Å². The van der Waals surface area contributed by atoms with Crippen LogP contribution in [0.2, 0.25) is 0 Å². The zero-order chi connectivity index (χ0) is 41.2. The van der Waals surface area contributed by atoms with E-state index in [-0.39, 0.29) is 10.8 Å². The van der Waals surface area contributed by atoms with Crippen LogP contribution < -0.4 is 4.90 Å². The lowest BCUT2D eigenvalue weighted by molar-refractivity contribution is -0.0399. The highest BCUT2D eigenvalue weighted by molar-refractivity contribution is 6.00. The summed E-state index contributed by atoms with van der Waals surface area (Å²) in [6.45, 7) is 4.75. The lowest BCUT2D eigenvalue weighted by atomic mass is 9.43. The van der Waals surface area contributed by atoms with Crippen LogP contribution in [0.1, 0.15) is 68.2 Å². The maximum atomic E-state index is 2.55. The second-order valence-electron chi connectivity index (χ2n) is 19.7. The number of rotatable bonds is 6. The van der Waals surface area contributed by atoms with E-state index in [1.54, 1.807) is 11.1 Å². The van der Waals surface area contributed by atoms with E-state index in [1.807, 2.05) is 0 Å². The minimum absolute atomic E-state index is 0.0665. The second kappa shape index (κ2) is 13.5. The monoisotopic (exact) mass is 797 g/mol. The summed E-state index contributed by atoms with van der Waals surface area (Å²) in [6, 6.07) is 71.4. The molecule has 0 atom stereocenters. The molecule has 0 heterocycles. The first-order chi connectivity index (χ1) is 30.5. The van der Waals surface area contributed by atoms with Gasteiger partial charge in [0.25, 0.3) is 0 Å². The van der Waals surface area contributed by atoms with Crippen LogP contribution in [0.3, 0.4) is 0 Å². The summed E-state index contributed by atoms with van der Waals surface area (Å²) >= 11 is 0. The van der Waals surface area contributed by atoms with E-state index in [4.69, 9.17) is 0 Å². The van der Waals surface area contributed by atoms with Crippen molar-refractivity contribution in [1.29, 1.82) is 0 Å². The van der Waals surface area contributed by atoms with E-state index in [0.717, 1.165) is 29.4 Å². The molecule has 0 unspecified atom stereocenters. The molecule has 6 aliphatic carbocycles. The smallest absolute Gasteiger partial charge is 0.0540 e. The lowest BCUT2D eigenvalue weighted by Gasteiger charge is -2.61. The molecule has 4 bridgehead atoms. The zero-order valence-electron chi connectivity index (χ0n) is 35.7. The summed E-state index contributed by atoms with van der Waals surface area (Å²) in [7, 11) is 0. The average Bonchev–Trinajstić information content (AvgIpc) is 3.74. The molecule has 1 heteroatoms. The van der Waals surface area contributed by atoms with Crippen molar-refractivity contribution in [2.24, 2.45) is 23.7 Å². The number of para-hydroxylation sites is 2. The summed E-state index contributed by atoms with van der Waals surface area (Å²) in [5.41, 5.74) is 22.7. The standard InChI is InChI=1S/C61H51N/c1-60(2)53-25-10-6-21-48(53)49-31-30-43(38-56(49)60)42-18-14-19-46(37-42)62(57-28-12-8-20-47(57)41-16-4-3-5-17-41)58-29-13-9-22-50(58)51-24-15-27-55-59(51)52-23-7-11-26-54(52)61(55)44-33-39-32-40(35-44)36-45(61)34-39/h3-31,37-40,44-45H,32-36H2,1-2H3. The molecule has 62 heavy (non-hydrogen) atoms. The number of benzene rings is 8. The second-order valence-corrected chi connectivity index (χ2v) is 19.7. The lowest BCUT2D eigenvalue weighted by Crippen LogP contribution is -2.55. The maximum Gasteiger partial charge on any atom is 0.0540 e. The van der Waals surface area contributed by atoms with Gasteiger partial charge in [0.1, 0.15) is 0 Å². The third-order valence-corrected chi connectivity index (χ3v) is 16.3. The van der Waals surface area contributed by atoms with Crippen LogP contribution >= 0.6 is 0 Å². The molecule has 8 aromatic carbocycles. The Labute approximate surface area is 366 Å². The Kier molecular flexibility index (Phi) is 7.91. The number of fused-ring (bicyclic) bond motifs is 6. The largest absolute Gasteiger partial charge is 0.309 e. The van der Waals surface area contributed by atoms with E-state index in [0.29, 0.717) is 0 Å². The predicted molar refractivity (Wildman–Crippen MR) is 258 cm³/mol. The van der Waals surface area contributed by atoms with Crippen molar-refractivity contribution in [2.45, 2.75) is 56.8 Å². The summed E-state index contributed by atoms with van der Waals surface area (Å²) in [4.78, 5) is 2.55. The van der Waals surface area contributed by atoms with E-state index >= 15 is 0 Å². The predicted octanol–water partition coefficient (Wildman–Crippen LogP) is 16.2. The van der Waals surface area contributed by atoms with Crippen LogP contribution in [0, 0.1) is 23.7 Å². The van der Waals surface area contributed by atoms with Crippen LogP contribution in [-0.4, -0.2) is 0 Å². The summed E-state index contributed by atoms with van der Waals surface area (Å²) in [5.74, 6) is 3.28. The van der Waals surface area contributed by atoms with E-state index < -0.39 is 0 Å². The molecular formula is C61H51N. The molecule has 6 aliphatic rings. The van der Waals surface area contributed by atoms with Crippen molar-refractivity contribution in [1.82, 2.24) is 0 Å². The molecule has 0 aromatic heterocycles. The third kappa shape index (κ3) is 5.09. The molecule has 8 aromatic rings. The Morgan fingerprint density at radius 1 is 0.371 bits per heavy atom. The van der Waals surface area contributed by atoms with Crippen LogP contribution in [0.5, 0.6) is 0 Å². The fourth-order valence-corrected chi connectivity index (χ4v) is 14.0. The fourth-order valence-electron chi connectivity index (χ4n) is 14.0. The normalized spacial score (nSPS) is 22.9. The van der Waals surface area contributed by atoms with Crippen molar-refractivity contribution >= 4 is 17.1 Å². The molecule has 1 nitrogen and oxygen atoms in total. The molecule has 14 rings (SSSR count). The number of hydrogen-bond donors (Lipinski definition) is 0. The van der Waals surface area contributed by atoms with Crippen molar-refractivity contribution in [3.05, 3.63) is 210 Å². The van der Waals surface area contributed by atoms with Crippen molar-refractivity contribution in [3.8, 4) is 55.6 Å². The molecule has 0 amide bonds. The van der Waals surface area contributed by atoms with Gasteiger partial charge in [-0.2, -0.15) is 0 Å². The first-order valence-corrected chi connectivity index (χ1v) is 23.1. The minimum Gasteiger partial charge on any atom is -0.309 e. The SMILES string of the molecule is CC1(C)c2ccccc2-c2ccc(-c3cccc(N(c4ccccc4-c4ccccc4)c4ccccc4-c4cccc5c4-c4ccccc4C54C5CC6CC(C5)CC4C6)c3)cc21. The Balaban J connectivity index is 1.01. The van der Waals surface area contributed by atoms with Gasteiger partial charge in [0, 0.05) is 27.6 Å². The van der Waals surface area contributed by atoms with Crippen molar-refractivity contribution in [2.75, 3.05) is 4.90 Å². The quantitative estimate of drug-likeness (QED) is 0.162. The molecule has 0 radical (unpaired) electrons. The van der Waals surface area contributed by atoms with E-state index in [2.05, 4.69) is 207 Å². The van der Waals surface area contributed by atoms with Gasteiger partial charge in [0.05, 0.1) is 11.4 Å². The van der Waals surface area contributed by atoms with Crippen molar-refractivity contribution in [3.63, 3.8) is 0 Å². The topological polar surface area (TPSA) is 3.24 Å². The van der Waals surface area contributed by atoms with Gasteiger partial charge in [-0.15, -0.1) is 0 Å². The van der Waals surface area contributed by atoms with Crippen LogP contribution in [-0.2, 0) is 10.8 Å². The molecule has 0 aliphatic heterocycles. The summed E-state index contributed by atoms with van der Waals surface area (Å²) < 4.78 is 0. The minimum atomic E-state index is -0.0665. The highest BCUT2D eigenvalue weighted by atomic mass is 15.1. The van der Waals surface area contributed by atoms with E-state index in [1.165, 1.54) is 110 Å². The van der Waals surface area contributed by atoms with Gasteiger partial charge in [0.15, 0.2) is 0 Å². The molecular weight excluding hydrogens is 747 g/mol. The molecule has 4 saturated carbocycles. The average molecular weight is 798 g/mol. The molecule has 0 N–H and O–H groups in total. The molecule has 1 spiro atoms. The maximum absolute atomic E-state index is 2.55. The van der Waals surface area contributed by atoms with E-state index in [9.17, 15) is 0 Å². The number of nitrogens with zero attached hydrogens (tertiary/aromatic N) is 1. The first kappa shape index (κ1) is 36.2.